The lowest BCUT2D eigenvalue weighted by Gasteiger charge is -2.15. The standard InChI is InChI=1S/C10H16N2O5S/c13-8(14)4-2-1-3-7-9-6(5-18(7,16)17)11-10(15)12-9/h6-7,9H,1-5H2,(H,13,14)(H2,11,12,15)/t6-,7+,9-/m0/s1. The molecule has 2 heterocycles. The lowest BCUT2D eigenvalue weighted by atomic mass is 10.0. The molecular formula is C10H16N2O5S. The third-order valence-electron chi connectivity index (χ3n) is 3.45. The van der Waals surface area contributed by atoms with E-state index in [4.69, 9.17) is 5.11 Å². The minimum atomic E-state index is -3.20. The van der Waals surface area contributed by atoms with Crippen LogP contribution in [-0.4, -0.2) is 48.6 Å². The number of unbranched alkanes of at least 4 members (excludes halogenated alkanes) is 1. The van der Waals surface area contributed by atoms with Gasteiger partial charge in [0, 0.05) is 6.42 Å². The average Bonchev–Trinajstić information content (AvgIpc) is 2.66. The van der Waals surface area contributed by atoms with Crippen LogP contribution in [0.3, 0.4) is 0 Å². The summed E-state index contributed by atoms with van der Waals surface area (Å²) in [7, 11) is -3.20. The van der Waals surface area contributed by atoms with Gasteiger partial charge in [-0.1, -0.05) is 6.42 Å². The Kier molecular flexibility index (Phi) is 3.47. The summed E-state index contributed by atoms with van der Waals surface area (Å²) in [5.41, 5.74) is 0. The second kappa shape index (κ2) is 4.75. The summed E-state index contributed by atoms with van der Waals surface area (Å²) in [4.78, 5) is 21.5. The van der Waals surface area contributed by atoms with Crippen LogP contribution in [0, 0.1) is 0 Å². The Hall–Kier alpha value is -1.31. The van der Waals surface area contributed by atoms with Crippen molar-refractivity contribution in [1.29, 1.82) is 0 Å². The lowest BCUT2D eigenvalue weighted by molar-refractivity contribution is -0.137. The number of carbonyl (C=O) groups is 2. The van der Waals surface area contributed by atoms with Crippen LogP contribution in [0.15, 0.2) is 0 Å². The van der Waals surface area contributed by atoms with Crippen LogP contribution in [0.1, 0.15) is 25.7 Å². The Bertz CT molecular complexity index is 461. The Morgan fingerprint density at radius 3 is 2.72 bits per heavy atom. The van der Waals surface area contributed by atoms with Crippen molar-refractivity contribution in [2.45, 2.75) is 43.0 Å². The Labute approximate surface area is 105 Å². The zero-order valence-corrected chi connectivity index (χ0v) is 10.6. The fourth-order valence-electron chi connectivity index (χ4n) is 2.63. The highest BCUT2D eigenvalue weighted by Gasteiger charge is 2.51. The van der Waals surface area contributed by atoms with Crippen molar-refractivity contribution < 1.29 is 23.1 Å². The molecule has 3 N–H and O–H groups in total. The van der Waals surface area contributed by atoms with Gasteiger partial charge in [-0.05, 0) is 12.8 Å². The van der Waals surface area contributed by atoms with Crippen LogP contribution in [0.25, 0.3) is 0 Å². The molecule has 2 saturated heterocycles. The second-order valence-electron chi connectivity index (χ2n) is 4.76. The molecule has 2 rings (SSSR count). The van der Waals surface area contributed by atoms with Gasteiger partial charge in [0.2, 0.25) is 0 Å². The smallest absolute Gasteiger partial charge is 0.315 e. The molecule has 2 amide bonds. The van der Waals surface area contributed by atoms with E-state index in [2.05, 4.69) is 10.6 Å². The van der Waals surface area contributed by atoms with Gasteiger partial charge < -0.3 is 15.7 Å². The molecule has 3 atom stereocenters. The Morgan fingerprint density at radius 2 is 2.06 bits per heavy atom. The van der Waals surface area contributed by atoms with Crippen molar-refractivity contribution in [1.82, 2.24) is 10.6 Å². The number of amides is 2. The number of carbonyl (C=O) groups excluding carboxylic acids is 1. The highest BCUT2D eigenvalue weighted by molar-refractivity contribution is 7.92. The number of carboxylic acids is 1. The zero-order chi connectivity index (χ0) is 13.3. The monoisotopic (exact) mass is 276 g/mol. The van der Waals surface area contributed by atoms with Crippen molar-refractivity contribution >= 4 is 21.8 Å². The maximum Gasteiger partial charge on any atom is 0.315 e. The van der Waals surface area contributed by atoms with Crippen LogP contribution in [-0.2, 0) is 14.6 Å². The summed E-state index contributed by atoms with van der Waals surface area (Å²) in [5.74, 6) is -0.905. The first-order valence-corrected chi connectivity index (χ1v) is 7.62. The van der Waals surface area contributed by atoms with Gasteiger partial charge in [0.1, 0.15) is 0 Å². The second-order valence-corrected chi connectivity index (χ2v) is 7.02. The van der Waals surface area contributed by atoms with Gasteiger partial charge in [0.25, 0.3) is 0 Å². The molecule has 0 unspecified atom stereocenters. The molecule has 7 nitrogen and oxygen atoms in total. The van der Waals surface area contributed by atoms with Gasteiger partial charge in [-0.25, -0.2) is 13.2 Å². The molecule has 102 valence electrons. The third kappa shape index (κ3) is 2.58. The number of hydrogen-bond donors (Lipinski definition) is 3. The number of aliphatic carboxylic acids is 1. The molecular weight excluding hydrogens is 260 g/mol. The van der Waals surface area contributed by atoms with Crippen LogP contribution in [0.4, 0.5) is 4.79 Å². The zero-order valence-electron chi connectivity index (χ0n) is 9.76. The van der Waals surface area contributed by atoms with E-state index >= 15 is 0 Å². The average molecular weight is 276 g/mol. The highest BCUT2D eigenvalue weighted by Crippen LogP contribution is 2.28. The van der Waals surface area contributed by atoms with E-state index in [0.717, 1.165) is 0 Å². The highest BCUT2D eigenvalue weighted by atomic mass is 32.2. The molecule has 2 aliphatic rings. The molecule has 0 bridgehead atoms. The normalized spacial score (nSPS) is 32.7. The van der Waals surface area contributed by atoms with Crippen LogP contribution in [0.5, 0.6) is 0 Å². The van der Waals surface area contributed by atoms with Gasteiger partial charge in [0.05, 0.1) is 23.1 Å². The fraction of sp³-hybridized carbons (Fsp3) is 0.800. The summed E-state index contributed by atoms with van der Waals surface area (Å²) in [6.45, 7) is 0. The maximum atomic E-state index is 11.9. The minimum absolute atomic E-state index is 0.0278. The fourth-order valence-corrected chi connectivity index (χ4v) is 4.90. The SMILES string of the molecule is O=C(O)CCCC[C@@H]1[C@H]2NC(=O)N[C@H]2CS1(=O)=O. The quantitative estimate of drug-likeness (QED) is 0.462. The van der Waals surface area contributed by atoms with Crippen molar-refractivity contribution in [3.05, 3.63) is 0 Å². The van der Waals surface area contributed by atoms with Crippen LogP contribution < -0.4 is 10.6 Å². The number of rotatable bonds is 5. The molecule has 0 spiro atoms. The van der Waals surface area contributed by atoms with E-state index in [1.54, 1.807) is 0 Å². The van der Waals surface area contributed by atoms with Gasteiger partial charge in [-0.15, -0.1) is 0 Å². The molecule has 0 aromatic rings. The largest absolute Gasteiger partial charge is 0.481 e. The Morgan fingerprint density at radius 1 is 1.33 bits per heavy atom. The topological polar surface area (TPSA) is 113 Å². The first-order valence-electron chi connectivity index (χ1n) is 5.90. The van der Waals surface area contributed by atoms with Crippen molar-refractivity contribution in [3.63, 3.8) is 0 Å². The molecule has 8 heteroatoms. The van der Waals surface area contributed by atoms with Crippen LogP contribution in [0.2, 0.25) is 0 Å². The molecule has 0 saturated carbocycles. The van der Waals surface area contributed by atoms with Gasteiger partial charge in [0.15, 0.2) is 9.84 Å². The van der Waals surface area contributed by atoms with Crippen LogP contribution >= 0.6 is 0 Å². The summed E-state index contributed by atoms with van der Waals surface area (Å²) in [5, 5.41) is 13.1. The number of carboxylic acid groups (broad SMARTS) is 1. The number of urea groups is 1. The van der Waals surface area contributed by atoms with Gasteiger partial charge in [-0.3, -0.25) is 4.79 Å². The first kappa shape index (κ1) is 13.1. The van der Waals surface area contributed by atoms with E-state index in [0.29, 0.717) is 19.3 Å². The van der Waals surface area contributed by atoms with E-state index < -0.39 is 21.1 Å². The summed E-state index contributed by atoms with van der Waals surface area (Å²) in [6.07, 6.45) is 1.44. The predicted octanol–water partition coefficient (Wildman–Crippen LogP) is -0.522. The maximum absolute atomic E-state index is 11.9. The number of nitrogens with one attached hydrogen (secondary N) is 2. The van der Waals surface area contributed by atoms with Gasteiger partial charge >= 0.3 is 12.0 Å². The molecule has 18 heavy (non-hydrogen) atoms. The first-order chi connectivity index (χ1) is 8.40. The van der Waals surface area contributed by atoms with E-state index in [9.17, 15) is 18.0 Å². The predicted molar refractivity (Wildman–Crippen MR) is 62.9 cm³/mol. The molecule has 0 aromatic heterocycles. The minimum Gasteiger partial charge on any atom is -0.481 e. The van der Waals surface area contributed by atoms with E-state index in [1.807, 2.05) is 0 Å². The Balaban J connectivity index is 1.93. The summed E-state index contributed by atoms with van der Waals surface area (Å²) >= 11 is 0. The molecule has 0 radical (unpaired) electrons. The number of hydrogen-bond acceptors (Lipinski definition) is 4. The van der Waals surface area contributed by atoms with E-state index in [-0.39, 0.29) is 30.3 Å². The third-order valence-corrected chi connectivity index (χ3v) is 5.73. The van der Waals surface area contributed by atoms with Crippen molar-refractivity contribution in [2.24, 2.45) is 0 Å². The molecule has 2 fully saturated rings. The molecule has 0 aliphatic carbocycles. The van der Waals surface area contributed by atoms with E-state index in [1.165, 1.54) is 0 Å². The summed E-state index contributed by atoms with van der Waals surface area (Å²) < 4.78 is 23.8. The van der Waals surface area contributed by atoms with Crippen molar-refractivity contribution in [2.75, 3.05) is 5.75 Å². The number of sulfone groups is 1. The molecule has 2 aliphatic heterocycles. The lowest BCUT2D eigenvalue weighted by Crippen LogP contribution is -2.39. The van der Waals surface area contributed by atoms with Gasteiger partial charge in [-0.2, -0.15) is 0 Å². The van der Waals surface area contributed by atoms with Crippen molar-refractivity contribution in [3.8, 4) is 0 Å². The molecule has 0 aromatic carbocycles. The summed E-state index contributed by atoms with van der Waals surface area (Å²) in [6, 6.07) is -1.03. The number of fused-ring (bicyclic) bond motifs is 1.